The van der Waals surface area contributed by atoms with Gasteiger partial charge in [0.2, 0.25) is 0 Å². The zero-order chi connectivity index (χ0) is 15.2. The summed E-state index contributed by atoms with van der Waals surface area (Å²) in [6.07, 6.45) is 0. The molecule has 2 nitrogen and oxygen atoms in total. The van der Waals surface area contributed by atoms with Gasteiger partial charge in [-0.3, -0.25) is 0 Å². The van der Waals surface area contributed by atoms with Crippen LogP contribution in [0, 0.1) is 6.92 Å². The number of halogens is 1. The molecular weight excluding hydrogens is 282 g/mol. The van der Waals surface area contributed by atoms with Crippen LogP contribution in [0.1, 0.15) is 30.5 Å². The van der Waals surface area contributed by atoms with Crippen LogP contribution in [0.5, 0.6) is 5.75 Å². The predicted octanol–water partition coefficient (Wildman–Crippen LogP) is 4.73. The van der Waals surface area contributed by atoms with Crippen molar-refractivity contribution in [1.29, 1.82) is 0 Å². The van der Waals surface area contributed by atoms with Crippen LogP contribution >= 0.6 is 11.6 Å². The lowest BCUT2D eigenvalue weighted by atomic mass is 10.1. The molecule has 0 unspecified atom stereocenters. The number of hydrogen-bond donors (Lipinski definition) is 1. The first-order chi connectivity index (χ1) is 10.0. The van der Waals surface area contributed by atoms with Gasteiger partial charge < -0.3 is 10.1 Å². The minimum atomic E-state index is 0.450. The van der Waals surface area contributed by atoms with Crippen molar-refractivity contribution in [3.8, 4) is 5.75 Å². The van der Waals surface area contributed by atoms with Crippen LogP contribution in [0.15, 0.2) is 42.5 Å². The molecule has 0 aliphatic carbocycles. The first kappa shape index (κ1) is 15.9. The Morgan fingerprint density at radius 3 is 2.67 bits per heavy atom. The maximum absolute atomic E-state index is 6.00. The fraction of sp³-hybridized carbons (Fsp3) is 0.333. The number of nitrogens with one attached hydrogen (secondary N) is 1. The van der Waals surface area contributed by atoms with E-state index < -0.39 is 0 Å². The molecule has 2 aromatic carbocycles. The van der Waals surface area contributed by atoms with Gasteiger partial charge in [0.25, 0.3) is 0 Å². The van der Waals surface area contributed by atoms with Gasteiger partial charge >= 0.3 is 0 Å². The fourth-order valence-corrected chi connectivity index (χ4v) is 2.30. The van der Waals surface area contributed by atoms with Crippen LogP contribution in [0.2, 0.25) is 5.02 Å². The largest absolute Gasteiger partial charge is 0.489 e. The second-order valence-electron chi connectivity index (χ2n) is 5.57. The first-order valence-corrected chi connectivity index (χ1v) is 7.62. The average molecular weight is 304 g/mol. The topological polar surface area (TPSA) is 21.3 Å². The van der Waals surface area contributed by atoms with Gasteiger partial charge in [0.05, 0.1) is 0 Å². The molecular formula is C18H22ClNO. The van der Waals surface area contributed by atoms with Crippen molar-refractivity contribution in [2.24, 2.45) is 0 Å². The Bertz CT molecular complexity index is 596. The number of rotatable bonds is 6. The summed E-state index contributed by atoms with van der Waals surface area (Å²) in [7, 11) is 0. The van der Waals surface area contributed by atoms with Gasteiger partial charge in [-0.05, 0) is 30.7 Å². The van der Waals surface area contributed by atoms with E-state index in [1.54, 1.807) is 0 Å². The third kappa shape index (κ3) is 5.07. The van der Waals surface area contributed by atoms with Crippen LogP contribution in [-0.2, 0) is 13.2 Å². The molecule has 0 aliphatic heterocycles. The van der Waals surface area contributed by atoms with E-state index in [9.17, 15) is 0 Å². The fourth-order valence-electron chi connectivity index (χ4n) is 2.09. The Labute approximate surface area is 132 Å². The zero-order valence-electron chi connectivity index (χ0n) is 12.8. The van der Waals surface area contributed by atoms with Crippen LogP contribution in [0.25, 0.3) is 0 Å². The van der Waals surface area contributed by atoms with Crippen LogP contribution in [0.3, 0.4) is 0 Å². The van der Waals surface area contributed by atoms with E-state index in [1.807, 2.05) is 30.3 Å². The van der Waals surface area contributed by atoms with Crippen LogP contribution in [-0.4, -0.2) is 6.04 Å². The van der Waals surface area contributed by atoms with Crippen molar-refractivity contribution in [3.05, 3.63) is 64.2 Å². The Morgan fingerprint density at radius 2 is 1.95 bits per heavy atom. The highest BCUT2D eigenvalue weighted by molar-refractivity contribution is 6.30. The molecule has 2 rings (SSSR count). The lowest BCUT2D eigenvalue weighted by molar-refractivity contribution is 0.301. The van der Waals surface area contributed by atoms with Gasteiger partial charge in [0, 0.05) is 23.2 Å². The molecule has 0 fully saturated rings. The Morgan fingerprint density at radius 1 is 1.14 bits per heavy atom. The van der Waals surface area contributed by atoms with Crippen molar-refractivity contribution in [3.63, 3.8) is 0 Å². The van der Waals surface area contributed by atoms with Crippen molar-refractivity contribution < 1.29 is 4.74 Å². The average Bonchev–Trinajstić information content (AvgIpc) is 2.44. The van der Waals surface area contributed by atoms with Gasteiger partial charge in [-0.15, -0.1) is 0 Å². The summed E-state index contributed by atoms with van der Waals surface area (Å²) in [5.74, 6) is 0.925. The molecule has 1 N–H and O–H groups in total. The molecule has 112 valence electrons. The van der Waals surface area contributed by atoms with Crippen LogP contribution < -0.4 is 10.1 Å². The molecule has 21 heavy (non-hydrogen) atoms. The van der Waals surface area contributed by atoms with E-state index in [0.717, 1.165) is 22.9 Å². The molecule has 0 aliphatic rings. The lowest BCUT2D eigenvalue weighted by Crippen LogP contribution is -2.22. The molecule has 0 saturated heterocycles. The normalized spacial score (nSPS) is 10.9. The quantitative estimate of drug-likeness (QED) is 0.833. The van der Waals surface area contributed by atoms with Gasteiger partial charge in [-0.25, -0.2) is 0 Å². The Kier molecular flexibility index (Phi) is 5.66. The molecule has 0 bridgehead atoms. The van der Waals surface area contributed by atoms with E-state index >= 15 is 0 Å². The minimum Gasteiger partial charge on any atom is -0.489 e. The third-order valence-corrected chi connectivity index (χ3v) is 3.44. The van der Waals surface area contributed by atoms with Crippen LogP contribution in [0.4, 0.5) is 0 Å². The molecule has 0 spiro atoms. The second-order valence-corrected chi connectivity index (χ2v) is 6.00. The smallest absolute Gasteiger partial charge is 0.124 e. The number of benzene rings is 2. The monoisotopic (exact) mass is 303 g/mol. The minimum absolute atomic E-state index is 0.450. The van der Waals surface area contributed by atoms with Gasteiger partial charge in [0.1, 0.15) is 12.4 Å². The molecule has 0 amide bonds. The van der Waals surface area contributed by atoms with E-state index in [4.69, 9.17) is 16.3 Å². The summed E-state index contributed by atoms with van der Waals surface area (Å²) in [4.78, 5) is 0. The molecule has 3 heteroatoms. The maximum Gasteiger partial charge on any atom is 0.124 e. The second kappa shape index (κ2) is 7.48. The number of ether oxygens (including phenoxy) is 1. The van der Waals surface area contributed by atoms with Crippen molar-refractivity contribution >= 4 is 11.6 Å². The highest BCUT2D eigenvalue weighted by atomic mass is 35.5. The lowest BCUT2D eigenvalue weighted by Gasteiger charge is -2.14. The molecule has 0 radical (unpaired) electrons. The van der Waals surface area contributed by atoms with E-state index in [1.165, 1.54) is 11.1 Å². The SMILES string of the molecule is Cc1ccc(OCc2cccc(Cl)c2)c(CNC(C)C)c1. The van der Waals surface area contributed by atoms with Crippen molar-refractivity contribution in [2.45, 2.75) is 40.0 Å². The summed E-state index contributed by atoms with van der Waals surface area (Å²) in [5, 5.41) is 4.17. The molecule has 0 saturated carbocycles. The standard InChI is InChI=1S/C18H22ClNO/c1-13(2)20-11-16-9-14(3)7-8-18(16)21-12-15-5-4-6-17(19)10-15/h4-10,13,20H,11-12H2,1-3H3. The van der Waals surface area contributed by atoms with Gasteiger partial charge in [0.15, 0.2) is 0 Å². The van der Waals surface area contributed by atoms with E-state index in [0.29, 0.717) is 12.6 Å². The van der Waals surface area contributed by atoms with Gasteiger partial charge in [-0.1, -0.05) is 55.3 Å². The number of hydrogen-bond acceptors (Lipinski definition) is 2. The predicted molar refractivity (Wildman–Crippen MR) is 88.9 cm³/mol. The summed E-state index contributed by atoms with van der Waals surface area (Å²) in [6.45, 7) is 7.72. The highest BCUT2D eigenvalue weighted by Crippen LogP contribution is 2.22. The summed E-state index contributed by atoms with van der Waals surface area (Å²) in [6, 6.07) is 14.5. The molecule has 0 atom stereocenters. The zero-order valence-corrected chi connectivity index (χ0v) is 13.6. The molecule has 0 heterocycles. The summed E-state index contributed by atoms with van der Waals surface area (Å²) in [5.41, 5.74) is 3.50. The van der Waals surface area contributed by atoms with Gasteiger partial charge in [-0.2, -0.15) is 0 Å². The molecule has 0 aromatic heterocycles. The molecule has 2 aromatic rings. The maximum atomic E-state index is 6.00. The van der Waals surface area contributed by atoms with E-state index in [-0.39, 0.29) is 0 Å². The van der Waals surface area contributed by atoms with E-state index in [2.05, 4.69) is 38.2 Å². The van der Waals surface area contributed by atoms with Crippen molar-refractivity contribution in [1.82, 2.24) is 5.32 Å². The Hall–Kier alpha value is -1.51. The summed E-state index contributed by atoms with van der Waals surface area (Å²) >= 11 is 6.00. The number of aryl methyl sites for hydroxylation is 1. The third-order valence-electron chi connectivity index (χ3n) is 3.20. The highest BCUT2D eigenvalue weighted by Gasteiger charge is 2.06. The first-order valence-electron chi connectivity index (χ1n) is 7.25. The Balaban J connectivity index is 2.08. The van der Waals surface area contributed by atoms with Crippen molar-refractivity contribution in [2.75, 3.05) is 0 Å². The summed E-state index contributed by atoms with van der Waals surface area (Å²) < 4.78 is 5.97.